The number of carbonyl (C=O) groups excluding carboxylic acids is 1. The van der Waals surface area contributed by atoms with Crippen LogP contribution in [0.5, 0.6) is 0 Å². The number of allylic oxidation sites excluding steroid dienone is 3. The van der Waals surface area contributed by atoms with Crippen molar-refractivity contribution in [3.63, 3.8) is 0 Å². The van der Waals surface area contributed by atoms with Gasteiger partial charge in [-0.15, -0.1) is 0 Å². The molecule has 0 bridgehead atoms. The number of nitrogens with one attached hydrogen (secondary N) is 1. The normalized spacial score (nSPS) is 14.1. The molecule has 0 aliphatic heterocycles. The Labute approximate surface area is 316 Å². The largest absolute Gasteiger partial charge is 0.387 e. The molecule has 0 radical (unpaired) electrons. The van der Waals surface area contributed by atoms with Crippen LogP contribution in [-0.2, 0) is 14.9 Å². The van der Waals surface area contributed by atoms with Crippen LogP contribution in [0, 0.1) is 0 Å². The molecular formula is C43H83NO6S. The van der Waals surface area contributed by atoms with E-state index in [0.717, 1.165) is 32.1 Å². The Morgan fingerprint density at radius 1 is 0.529 bits per heavy atom. The minimum atomic E-state index is -4.45. The van der Waals surface area contributed by atoms with Crippen LogP contribution in [0.4, 0.5) is 0 Å². The SMILES string of the molecule is CCCCCCCCCC/C=C/CC/C=C/C(O)C(CS(=O)(=O)O)NC(=O)C(O)CCCCCCCCCCCCCCCCCCCCCC. The van der Waals surface area contributed by atoms with Crippen LogP contribution in [-0.4, -0.2) is 53.1 Å². The fraction of sp³-hybridized carbons (Fsp3) is 0.884. The number of hydrogen-bond donors (Lipinski definition) is 4. The summed E-state index contributed by atoms with van der Waals surface area (Å²) >= 11 is 0. The molecule has 0 aromatic heterocycles. The number of aliphatic hydroxyl groups is 2. The van der Waals surface area contributed by atoms with Gasteiger partial charge < -0.3 is 15.5 Å². The standard InChI is InChI=1S/C43H83NO6S/c1-3-5-7-9-11-13-15-17-19-20-21-22-23-24-26-28-30-32-34-36-38-42(46)43(47)44-40(39-51(48,49)50)41(45)37-35-33-31-29-27-25-18-16-14-12-10-8-6-4-2/h27,29,35,37,40-42,45-46H,3-26,28,30-34,36,38-39H2,1-2H3,(H,44,47)(H,48,49,50)/b29-27+,37-35+. The lowest BCUT2D eigenvalue weighted by Crippen LogP contribution is -2.50. The summed E-state index contributed by atoms with van der Waals surface area (Å²) in [4.78, 5) is 12.6. The lowest BCUT2D eigenvalue weighted by atomic mass is 10.0. The predicted molar refractivity (Wildman–Crippen MR) is 218 cm³/mol. The predicted octanol–water partition coefficient (Wildman–Crippen LogP) is 11.7. The van der Waals surface area contributed by atoms with Gasteiger partial charge in [-0.2, -0.15) is 8.42 Å². The molecule has 0 aromatic rings. The summed E-state index contributed by atoms with van der Waals surface area (Å²) in [5.74, 6) is -1.55. The fourth-order valence-corrected chi connectivity index (χ4v) is 7.38. The summed E-state index contributed by atoms with van der Waals surface area (Å²) in [6, 6.07) is -1.24. The van der Waals surface area contributed by atoms with Crippen molar-refractivity contribution in [1.82, 2.24) is 5.32 Å². The average molecular weight is 742 g/mol. The molecule has 8 heteroatoms. The molecule has 0 saturated heterocycles. The zero-order valence-electron chi connectivity index (χ0n) is 33.4. The first-order valence-electron chi connectivity index (χ1n) is 21.6. The molecule has 0 saturated carbocycles. The van der Waals surface area contributed by atoms with E-state index in [0.29, 0.717) is 12.8 Å². The summed E-state index contributed by atoms with van der Waals surface area (Å²) in [6.07, 6.45) is 43.8. The number of carbonyl (C=O) groups is 1. The van der Waals surface area contributed by atoms with Crippen molar-refractivity contribution in [2.75, 3.05) is 5.75 Å². The first-order valence-corrected chi connectivity index (χ1v) is 23.3. The quantitative estimate of drug-likeness (QED) is 0.0282. The molecule has 0 aliphatic rings. The Hall–Kier alpha value is -1.22. The molecule has 0 rings (SSSR count). The van der Waals surface area contributed by atoms with Crippen LogP contribution in [0.15, 0.2) is 24.3 Å². The minimum absolute atomic E-state index is 0.278. The van der Waals surface area contributed by atoms with Crippen LogP contribution in [0.2, 0.25) is 0 Å². The Morgan fingerprint density at radius 3 is 1.29 bits per heavy atom. The van der Waals surface area contributed by atoms with Crippen molar-refractivity contribution >= 4 is 16.0 Å². The zero-order valence-corrected chi connectivity index (χ0v) is 34.2. The van der Waals surface area contributed by atoms with Gasteiger partial charge in [0.2, 0.25) is 5.91 Å². The van der Waals surface area contributed by atoms with E-state index in [1.807, 2.05) is 0 Å². The summed E-state index contributed by atoms with van der Waals surface area (Å²) in [5, 5.41) is 23.4. The summed E-state index contributed by atoms with van der Waals surface area (Å²) in [6.45, 7) is 4.51. The topological polar surface area (TPSA) is 124 Å². The maximum atomic E-state index is 12.6. The fourth-order valence-electron chi connectivity index (χ4n) is 6.65. The van der Waals surface area contributed by atoms with Crippen molar-refractivity contribution < 1.29 is 28.0 Å². The molecule has 4 N–H and O–H groups in total. The highest BCUT2D eigenvalue weighted by atomic mass is 32.2. The minimum Gasteiger partial charge on any atom is -0.387 e. The van der Waals surface area contributed by atoms with Gasteiger partial charge in [0, 0.05) is 0 Å². The molecule has 0 aromatic carbocycles. The first kappa shape index (κ1) is 49.8. The van der Waals surface area contributed by atoms with Crippen molar-refractivity contribution in [2.45, 2.75) is 238 Å². The molecule has 0 spiro atoms. The Kier molecular flexibility index (Phi) is 36.2. The summed E-state index contributed by atoms with van der Waals surface area (Å²) in [7, 11) is -4.45. The molecule has 7 nitrogen and oxygen atoms in total. The molecule has 302 valence electrons. The van der Waals surface area contributed by atoms with E-state index in [4.69, 9.17) is 0 Å². The molecule has 3 atom stereocenters. The molecule has 3 unspecified atom stereocenters. The van der Waals surface area contributed by atoms with E-state index in [1.165, 1.54) is 160 Å². The summed E-state index contributed by atoms with van der Waals surface area (Å²) in [5.41, 5.74) is 0. The van der Waals surface area contributed by atoms with Gasteiger partial charge in [-0.3, -0.25) is 9.35 Å². The van der Waals surface area contributed by atoms with Gasteiger partial charge in [0.15, 0.2) is 0 Å². The Morgan fingerprint density at radius 2 is 0.882 bits per heavy atom. The van der Waals surface area contributed by atoms with E-state index >= 15 is 0 Å². The Balaban J connectivity index is 3.98. The van der Waals surface area contributed by atoms with Gasteiger partial charge in [0.25, 0.3) is 10.1 Å². The maximum Gasteiger partial charge on any atom is 0.267 e. The van der Waals surface area contributed by atoms with Crippen molar-refractivity contribution in [1.29, 1.82) is 0 Å². The maximum absolute atomic E-state index is 12.6. The molecule has 1 amide bonds. The lowest BCUT2D eigenvalue weighted by molar-refractivity contribution is -0.130. The highest BCUT2D eigenvalue weighted by Crippen LogP contribution is 2.16. The highest BCUT2D eigenvalue weighted by Gasteiger charge is 2.27. The van der Waals surface area contributed by atoms with Gasteiger partial charge in [0.1, 0.15) is 6.10 Å². The lowest BCUT2D eigenvalue weighted by Gasteiger charge is -2.22. The number of aliphatic hydroxyl groups excluding tert-OH is 2. The van der Waals surface area contributed by atoms with E-state index < -0.39 is 40.0 Å². The second kappa shape index (κ2) is 37.1. The van der Waals surface area contributed by atoms with E-state index in [2.05, 4.69) is 31.3 Å². The third-order valence-electron chi connectivity index (χ3n) is 9.99. The molecule has 0 aliphatic carbocycles. The van der Waals surface area contributed by atoms with Crippen LogP contribution in [0.25, 0.3) is 0 Å². The second-order valence-corrected chi connectivity index (χ2v) is 16.6. The van der Waals surface area contributed by atoms with E-state index in [-0.39, 0.29) is 6.42 Å². The number of amides is 1. The van der Waals surface area contributed by atoms with Gasteiger partial charge in [-0.25, -0.2) is 0 Å². The van der Waals surface area contributed by atoms with Crippen molar-refractivity contribution in [3.8, 4) is 0 Å². The second-order valence-electron chi connectivity index (χ2n) is 15.1. The third kappa shape index (κ3) is 36.9. The molecule has 51 heavy (non-hydrogen) atoms. The van der Waals surface area contributed by atoms with Gasteiger partial charge >= 0.3 is 0 Å². The number of rotatable bonds is 39. The third-order valence-corrected chi connectivity index (χ3v) is 10.8. The molecular weight excluding hydrogens is 659 g/mol. The van der Waals surface area contributed by atoms with Crippen LogP contribution in [0.3, 0.4) is 0 Å². The van der Waals surface area contributed by atoms with Gasteiger partial charge in [0.05, 0.1) is 17.9 Å². The van der Waals surface area contributed by atoms with Crippen LogP contribution >= 0.6 is 0 Å². The van der Waals surface area contributed by atoms with Crippen molar-refractivity contribution in [3.05, 3.63) is 24.3 Å². The highest BCUT2D eigenvalue weighted by molar-refractivity contribution is 7.85. The van der Waals surface area contributed by atoms with Gasteiger partial charge in [-0.1, -0.05) is 212 Å². The first-order chi connectivity index (χ1) is 24.7. The Bertz CT molecular complexity index is 921. The van der Waals surface area contributed by atoms with E-state index in [1.54, 1.807) is 6.08 Å². The van der Waals surface area contributed by atoms with Crippen molar-refractivity contribution in [2.24, 2.45) is 0 Å². The summed E-state index contributed by atoms with van der Waals surface area (Å²) < 4.78 is 32.5. The number of unbranched alkanes of at least 4 members (excludes halogenated alkanes) is 28. The van der Waals surface area contributed by atoms with Crippen LogP contribution in [0.1, 0.15) is 219 Å². The molecule has 0 fully saturated rings. The van der Waals surface area contributed by atoms with E-state index in [9.17, 15) is 28.0 Å². The zero-order chi connectivity index (χ0) is 37.7. The monoisotopic (exact) mass is 742 g/mol. The molecule has 0 heterocycles. The number of hydrogen-bond acceptors (Lipinski definition) is 5. The smallest absolute Gasteiger partial charge is 0.267 e. The van der Waals surface area contributed by atoms with Gasteiger partial charge in [-0.05, 0) is 32.1 Å². The average Bonchev–Trinajstić information content (AvgIpc) is 3.09. The van der Waals surface area contributed by atoms with Crippen LogP contribution < -0.4 is 5.32 Å².